The van der Waals surface area contributed by atoms with E-state index in [1.807, 2.05) is 31.2 Å². The molecule has 1 fully saturated rings. The predicted molar refractivity (Wildman–Crippen MR) is 113 cm³/mol. The van der Waals surface area contributed by atoms with Gasteiger partial charge in [0.1, 0.15) is 9.88 Å². The van der Waals surface area contributed by atoms with Crippen LogP contribution in [-0.2, 0) is 14.3 Å². The highest BCUT2D eigenvalue weighted by Gasteiger charge is 2.44. The number of rotatable bonds is 6. The summed E-state index contributed by atoms with van der Waals surface area (Å²) >= 11 is 7.34. The zero-order chi connectivity index (χ0) is 21.0. The molecule has 0 bridgehead atoms. The summed E-state index contributed by atoms with van der Waals surface area (Å²) in [6, 6.07) is 7.41. The average molecular weight is 437 g/mol. The van der Waals surface area contributed by atoms with Crippen LogP contribution in [-0.4, -0.2) is 55.2 Å². The molecule has 1 aliphatic rings. The van der Waals surface area contributed by atoms with Gasteiger partial charge in [0.05, 0.1) is 24.3 Å². The number of likely N-dealkylation sites (tertiary alicyclic amines) is 1. The molecule has 6 nitrogen and oxygen atoms in total. The normalized spacial score (nSPS) is 15.9. The van der Waals surface area contributed by atoms with Gasteiger partial charge in [-0.1, -0.05) is 23.7 Å². The Labute approximate surface area is 179 Å². The van der Waals surface area contributed by atoms with Crippen molar-refractivity contribution in [3.05, 3.63) is 39.9 Å². The number of hydrogen-bond acceptors (Lipinski definition) is 6. The van der Waals surface area contributed by atoms with Crippen molar-refractivity contribution in [2.75, 3.05) is 33.4 Å². The molecule has 1 aromatic heterocycles. The van der Waals surface area contributed by atoms with E-state index >= 15 is 0 Å². The van der Waals surface area contributed by atoms with Gasteiger partial charge in [-0.25, -0.2) is 4.98 Å². The number of amides is 1. The van der Waals surface area contributed by atoms with Gasteiger partial charge >= 0.3 is 5.97 Å². The largest absolute Gasteiger partial charge is 0.465 e. The summed E-state index contributed by atoms with van der Waals surface area (Å²) in [5.41, 5.74) is 0.962. The molecule has 0 N–H and O–H groups in total. The van der Waals surface area contributed by atoms with Crippen molar-refractivity contribution in [2.45, 2.75) is 26.7 Å². The Kier molecular flexibility index (Phi) is 6.93. The van der Waals surface area contributed by atoms with Crippen molar-refractivity contribution < 1.29 is 19.1 Å². The Morgan fingerprint density at radius 3 is 2.48 bits per heavy atom. The summed E-state index contributed by atoms with van der Waals surface area (Å²) in [6.45, 7) is 5.24. The lowest BCUT2D eigenvalue weighted by Crippen LogP contribution is -2.49. The van der Waals surface area contributed by atoms with E-state index in [9.17, 15) is 9.59 Å². The number of aromatic nitrogens is 1. The maximum absolute atomic E-state index is 13.1. The van der Waals surface area contributed by atoms with Gasteiger partial charge in [-0.05, 0) is 38.8 Å². The van der Waals surface area contributed by atoms with Gasteiger partial charge in [0.25, 0.3) is 5.91 Å². The monoisotopic (exact) mass is 436 g/mol. The first kappa shape index (κ1) is 21.7. The summed E-state index contributed by atoms with van der Waals surface area (Å²) < 4.78 is 10.5. The van der Waals surface area contributed by atoms with Gasteiger partial charge in [-0.3, -0.25) is 9.59 Å². The van der Waals surface area contributed by atoms with Crippen molar-refractivity contribution in [3.8, 4) is 10.6 Å². The summed E-state index contributed by atoms with van der Waals surface area (Å²) in [4.78, 5) is 32.6. The number of piperidine rings is 1. The quantitative estimate of drug-likeness (QED) is 0.634. The number of hydrogen-bond donors (Lipinski definition) is 0. The number of halogens is 1. The second kappa shape index (κ2) is 9.24. The number of benzene rings is 1. The van der Waals surface area contributed by atoms with Crippen LogP contribution in [0.25, 0.3) is 10.6 Å². The standard InChI is InChI=1S/C21H25ClN2O4S/c1-4-28-20(26)21(13-27-3)9-11-24(12-10-21)19(25)17-14(2)23-18(29-17)15-5-7-16(22)8-6-15/h5-8H,4,9-13H2,1-3H3. The third kappa shape index (κ3) is 4.63. The Balaban J connectivity index is 1.74. The fraction of sp³-hybridized carbons (Fsp3) is 0.476. The van der Waals surface area contributed by atoms with Crippen LogP contribution in [0.1, 0.15) is 35.1 Å². The van der Waals surface area contributed by atoms with Gasteiger partial charge in [-0.15, -0.1) is 11.3 Å². The maximum Gasteiger partial charge on any atom is 0.314 e. The highest BCUT2D eigenvalue weighted by atomic mass is 35.5. The van der Waals surface area contributed by atoms with Crippen LogP contribution in [0.4, 0.5) is 0 Å². The van der Waals surface area contributed by atoms with Crippen LogP contribution in [0.2, 0.25) is 5.02 Å². The lowest BCUT2D eigenvalue weighted by atomic mass is 9.79. The van der Waals surface area contributed by atoms with Gasteiger partial charge in [0.2, 0.25) is 0 Å². The molecule has 1 aromatic carbocycles. The van der Waals surface area contributed by atoms with Crippen molar-refractivity contribution in [2.24, 2.45) is 5.41 Å². The molecular formula is C21H25ClN2O4S. The molecular weight excluding hydrogens is 412 g/mol. The molecule has 1 amide bonds. The fourth-order valence-corrected chi connectivity index (χ4v) is 4.73. The third-order valence-electron chi connectivity index (χ3n) is 5.22. The summed E-state index contributed by atoms with van der Waals surface area (Å²) in [5, 5.41) is 1.45. The van der Waals surface area contributed by atoms with Crippen LogP contribution < -0.4 is 0 Å². The minimum absolute atomic E-state index is 0.0462. The minimum Gasteiger partial charge on any atom is -0.465 e. The van der Waals surface area contributed by atoms with Crippen molar-refractivity contribution in [1.29, 1.82) is 0 Å². The van der Waals surface area contributed by atoms with Crippen LogP contribution in [0.15, 0.2) is 24.3 Å². The zero-order valence-corrected chi connectivity index (χ0v) is 18.4. The highest BCUT2D eigenvalue weighted by Crippen LogP contribution is 2.35. The molecule has 0 unspecified atom stereocenters. The molecule has 2 heterocycles. The number of ether oxygens (including phenoxy) is 2. The first-order valence-electron chi connectivity index (χ1n) is 9.59. The second-order valence-electron chi connectivity index (χ2n) is 7.17. The van der Waals surface area contributed by atoms with Crippen molar-refractivity contribution in [3.63, 3.8) is 0 Å². The molecule has 156 valence electrons. The van der Waals surface area contributed by atoms with E-state index in [1.165, 1.54) is 11.3 Å². The Bertz CT molecular complexity index is 873. The topological polar surface area (TPSA) is 68.7 Å². The Morgan fingerprint density at radius 1 is 1.24 bits per heavy atom. The lowest BCUT2D eigenvalue weighted by Gasteiger charge is -2.39. The van der Waals surface area contributed by atoms with Crippen molar-refractivity contribution >= 4 is 34.8 Å². The number of carbonyl (C=O) groups is 2. The molecule has 0 spiro atoms. The van der Waals surface area contributed by atoms with Crippen LogP contribution in [0.5, 0.6) is 0 Å². The number of esters is 1. The number of carbonyl (C=O) groups excluding carboxylic acids is 2. The molecule has 0 radical (unpaired) electrons. The summed E-state index contributed by atoms with van der Waals surface area (Å²) in [5.74, 6) is -0.289. The average Bonchev–Trinajstić information content (AvgIpc) is 3.10. The predicted octanol–water partition coefficient (Wildman–Crippen LogP) is 4.20. The first-order chi connectivity index (χ1) is 13.9. The number of nitrogens with zero attached hydrogens (tertiary/aromatic N) is 2. The molecule has 1 saturated heterocycles. The Morgan fingerprint density at radius 2 is 1.90 bits per heavy atom. The smallest absolute Gasteiger partial charge is 0.314 e. The second-order valence-corrected chi connectivity index (χ2v) is 8.60. The number of thiazole rings is 1. The highest BCUT2D eigenvalue weighted by molar-refractivity contribution is 7.17. The SMILES string of the molecule is CCOC(=O)C1(COC)CCN(C(=O)c2sc(-c3ccc(Cl)cc3)nc2C)CC1. The lowest BCUT2D eigenvalue weighted by molar-refractivity contribution is -0.162. The molecule has 3 rings (SSSR count). The molecule has 1 aliphatic heterocycles. The van der Waals surface area contributed by atoms with E-state index in [0.717, 1.165) is 10.6 Å². The van der Waals surface area contributed by atoms with Crippen LogP contribution in [0.3, 0.4) is 0 Å². The first-order valence-corrected chi connectivity index (χ1v) is 10.8. The van der Waals surface area contributed by atoms with E-state index in [1.54, 1.807) is 18.9 Å². The van der Waals surface area contributed by atoms with Gasteiger partial charge in [-0.2, -0.15) is 0 Å². The van der Waals surface area contributed by atoms with Crippen molar-refractivity contribution in [1.82, 2.24) is 9.88 Å². The van der Waals surface area contributed by atoms with Gasteiger partial charge in [0.15, 0.2) is 0 Å². The van der Waals surface area contributed by atoms with E-state index in [-0.39, 0.29) is 11.9 Å². The molecule has 0 saturated carbocycles. The molecule has 8 heteroatoms. The number of methoxy groups -OCH3 is 1. The summed E-state index contributed by atoms with van der Waals surface area (Å²) in [6.07, 6.45) is 1.04. The minimum atomic E-state index is -0.682. The zero-order valence-electron chi connectivity index (χ0n) is 16.9. The summed E-state index contributed by atoms with van der Waals surface area (Å²) in [7, 11) is 1.58. The molecule has 0 aliphatic carbocycles. The molecule has 2 aromatic rings. The third-order valence-corrected chi connectivity index (χ3v) is 6.67. The van der Waals surface area contributed by atoms with Crippen LogP contribution >= 0.6 is 22.9 Å². The van der Waals surface area contributed by atoms with Gasteiger partial charge < -0.3 is 14.4 Å². The molecule has 0 atom stereocenters. The van der Waals surface area contributed by atoms with Crippen LogP contribution in [0, 0.1) is 12.3 Å². The van der Waals surface area contributed by atoms with E-state index in [4.69, 9.17) is 21.1 Å². The molecule has 29 heavy (non-hydrogen) atoms. The maximum atomic E-state index is 13.1. The fourth-order valence-electron chi connectivity index (χ4n) is 3.56. The van der Waals surface area contributed by atoms with Gasteiger partial charge in [0, 0.05) is 30.8 Å². The Hall–Kier alpha value is -1.96. The number of aryl methyl sites for hydroxylation is 1. The van der Waals surface area contributed by atoms with E-state index in [2.05, 4.69) is 4.98 Å². The van der Waals surface area contributed by atoms with E-state index < -0.39 is 5.41 Å². The van der Waals surface area contributed by atoms with E-state index in [0.29, 0.717) is 54.7 Å².